The third-order valence-corrected chi connectivity index (χ3v) is 2.82. The largest absolute Gasteiger partial charge is 0.492 e. The summed E-state index contributed by atoms with van der Waals surface area (Å²) in [5, 5.41) is 18.7. The summed E-state index contributed by atoms with van der Waals surface area (Å²) in [5.41, 5.74) is 1.06. The fraction of sp³-hybridized carbons (Fsp3) is 0.375. The number of benzene rings is 1. The van der Waals surface area contributed by atoms with Gasteiger partial charge in [-0.25, -0.2) is 9.59 Å². The number of carboxylic acids is 2. The molecule has 24 heavy (non-hydrogen) atoms. The summed E-state index contributed by atoms with van der Waals surface area (Å²) in [7, 11) is 1.69. The molecule has 0 bridgehead atoms. The number of hydrogen-bond donors (Lipinski definition) is 3. The third kappa shape index (κ3) is 10.6. The van der Waals surface area contributed by atoms with Gasteiger partial charge in [-0.1, -0.05) is 17.7 Å². The van der Waals surface area contributed by atoms with Crippen LogP contribution in [0.15, 0.2) is 30.9 Å². The summed E-state index contributed by atoms with van der Waals surface area (Å²) >= 11 is 5.95. The van der Waals surface area contributed by atoms with Crippen LogP contribution in [0.1, 0.15) is 5.56 Å². The first-order chi connectivity index (χ1) is 11.4. The number of carboxylic acid groups (broad SMARTS) is 2. The number of rotatable bonds is 9. The standard InChI is InChI=1S/C14H20ClNO2.C2H2O4/c1-3-4-12-11-13(15)5-6-14(12)18-10-8-16-7-9-17-2;3-1(4)2(5)6/h3,5-6,11,16H,1,4,7-10H2,2H3;(H,3,4)(H,5,6). The van der Waals surface area contributed by atoms with Gasteiger partial charge in [0.1, 0.15) is 12.4 Å². The molecular formula is C16H22ClNO6. The number of hydrogen-bond acceptors (Lipinski definition) is 5. The van der Waals surface area contributed by atoms with Crippen molar-refractivity contribution >= 4 is 23.5 Å². The fourth-order valence-corrected chi connectivity index (χ4v) is 1.73. The zero-order chi connectivity index (χ0) is 18.4. The molecule has 3 N–H and O–H groups in total. The first-order valence-corrected chi connectivity index (χ1v) is 7.48. The predicted octanol–water partition coefficient (Wildman–Crippen LogP) is 1.84. The van der Waals surface area contributed by atoms with Crippen LogP contribution in [-0.4, -0.2) is 55.6 Å². The SMILES string of the molecule is C=CCc1cc(Cl)ccc1OCCNCCOC.O=C(O)C(=O)O. The zero-order valence-electron chi connectivity index (χ0n) is 13.5. The van der Waals surface area contributed by atoms with E-state index in [1.807, 2.05) is 24.3 Å². The maximum atomic E-state index is 9.10. The van der Waals surface area contributed by atoms with Crippen molar-refractivity contribution in [3.63, 3.8) is 0 Å². The molecule has 7 nitrogen and oxygen atoms in total. The van der Waals surface area contributed by atoms with Gasteiger partial charge < -0.3 is 25.0 Å². The molecule has 0 atom stereocenters. The van der Waals surface area contributed by atoms with E-state index in [1.165, 1.54) is 0 Å². The van der Waals surface area contributed by atoms with E-state index in [-0.39, 0.29) is 0 Å². The summed E-state index contributed by atoms with van der Waals surface area (Å²) in [6.07, 6.45) is 2.60. The zero-order valence-corrected chi connectivity index (χ0v) is 14.2. The molecule has 0 aliphatic rings. The third-order valence-electron chi connectivity index (χ3n) is 2.59. The van der Waals surface area contributed by atoms with Crippen LogP contribution in [0.25, 0.3) is 0 Å². The summed E-state index contributed by atoms with van der Waals surface area (Å²) in [5.74, 6) is -2.78. The minimum Gasteiger partial charge on any atom is -0.492 e. The second-order valence-corrected chi connectivity index (χ2v) is 4.88. The Morgan fingerprint density at radius 3 is 2.42 bits per heavy atom. The van der Waals surface area contributed by atoms with Crippen molar-refractivity contribution in [3.8, 4) is 5.75 Å². The summed E-state index contributed by atoms with van der Waals surface area (Å²) in [4.78, 5) is 18.2. The van der Waals surface area contributed by atoms with Crippen molar-refractivity contribution in [2.75, 3.05) is 33.4 Å². The Hall–Kier alpha value is -2.09. The van der Waals surface area contributed by atoms with Crippen molar-refractivity contribution in [1.29, 1.82) is 0 Å². The van der Waals surface area contributed by atoms with E-state index in [0.717, 1.165) is 35.8 Å². The number of carbonyl (C=O) groups is 2. The Morgan fingerprint density at radius 1 is 1.25 bits per heavy atom. The smallest absolute Gasteiger partial charge is 0.414 e. The second-order valence-electron chi connectivity index (χ2n) is 4.45. The van der Waals surface area contributed by atoms with E-state index in [4.69, 9.17) is 40.9 Å². The molecular weight excluding hydrogens is 338 g/mol. The minimum atomic E-state index is -1.82. The Kier molecular flexibility index (Phi) is 12.2. The second kappa shape index (κ2) is 13.4. The van der Waals surface area contributed by atoms with E-state index in [0.29, 0.717) is 13.2 Å². The Morgan fingerprint density at radius 2 is 1.88 bits per heavy atom. The lowest BCUT2D eigenvalue weighted by molar-refractivity contribution is -0.159. The van der Waals surface area contributed by atoms with Crippen LogP contribution in [0.4, 0.5) is 0 Å². The molecule has 0 aliphatic carbocycles. The summed E-state index contributed by atoms with van der Waals surface area (Å²) in [6, 6.07) is 5.65. The highest BCUT2D eigenvalue weighted by Gasteiger charge is 2.04. The Labute approximate surface area is 145 Å². The van der Waals surface area contributed by atoms with Crippen LogP contribution < -0.4 is 10.1 Å². The quantitative estimate of drug-likeness (QED) is 0.351. The van der Waals surface area contributed by atoms with Gasteiger partial charge in [-0.2, -0.15) is 0 Å². The maximum Gasteiger partial charge on any atom is 0.414 e. The van der Waals surface area contributed by atoms with Gasteiger partial charge >= 0.3 is 11.9 Å². The molecule has 0 amide bonds. The van der Waals surface area contributed by atoms with Crippen molar-refractivity contribution < 1.29 is 29.3 Å². The molecule has 1 aromatic carbocycles. The van der Waals surface area contributed by atoms with Crippen molar-refractivity contribution in [1.82, 2.24) is 5.32 Å². The van der Waals surface area contributed by atoms with Gasteiger partial charge in [-0.15, -0.1) is 6.58 Å². The van der Waals surface area contributed by atoms with Crippen LogP contribution >= 0.6 is 11.6 Å². The number of halogens is 1. The van der Waals surface area contributed by atoms with E-state index in [1.54, 1.807) is 7.11 Å². The number of ether oxygens (including phenoxy) is 2. The topological polar surface area (TPSA) is 105 Å². The van der Waals surface area contributed by atoms with E-state index in [9.17, 15) is 0 Å². The minimum absolute atomic E-state index is 0.621. The van der Waals surface area contributed by atoms with Gasteiger partial charge in [0.05, 0.1) is 6.61 Å². The molecule has 0 aliphatic heterocycles. The van der Waals surface area contributed by atoms with Crippen LogP contribution in [-0.2, 0) is 20.7 Å². The molecule has 0 heterocycles. The predicted molar refractivity (Wildman–Crippen MR) is 90.9 cm³/mol. The average molecular weight is 360 g/mol. The molecule has 134 valence electrons. The normalized spacial score (nSPS) is 9.58. The first kappa shape index (κ1) is 21.9. The van der Waals surface area contributed by atoms with Crippen LogP contribution in [0.3, 0.4) is 0 Å². The molecule has 0 fully saturated rings. The highest BCUT2D eigenvalue weighted by molar-refractivity contribution is 6.30. The molecule has 0 spiro atoms. The monoisotopic (exact) mass is 359 g/mol. The Bertz CT molecular complexity index is 523. The van der Waals surface area contributed by atoms with Gasteiger partial charge in [0.15, 0.2) is 0 Å². The molecule has 8 heteroatoms. The van der Waals surface area contributed by atoms with Crippen LogP contribution in [0, 0.1) is 0 Å². The van der Waals surface area contributed by atoms with E-state index < -0.39 is 11.9 Å². The van der Waals surface area contributed by atoms with Crippen molar-refractivity contribution in [3.05, 3.63) is 41.4 Å². The molecule has 0 saturated heterocycles. The van der Waals surface area contributed by atoms with Crippen LogP contribution in [0.5, 0.6) is 5.75 Å². The van der Waals surface area contributed by atoms with Gasteiger partial charge in [0, 0.05) is 25.2 Å². The fourth-order valence-electron chi connectivity index (χ4n) is 1.54. The van der Waals surface area contributed by atoms with Gasteiger partial charge in [-0.05, 0) is 30.2 Å². The van der Waals surface area contributed by atoms with Gasteiger partial charge in [-0.3, -0.25) is 0 Å². The number of methoxy groups -OCH3 is 1. The molecule has 0 unspecified atom stereocenters. The highest BCUT2D eigenvalue weighted by Crippen LogP contribution is 2.23. The van der Waals surface area contributed by atoms with Crippen molar-refractivity contribution in [2.45, 2.75) is 6.42 Å². The molecule has 0 saturated carbocycles. The lowest BCUT2D eigenvalue weighted by Crippen LogP contribution is -2.24. The molecule has 1 rings (SSSR count). The van der Waals surface area contributed by atoms with Crippen LogP contribution in [0.2, 0.25) is 5.02 Å². The maximum absolute atomic E-state index is 9.10. The number of nitrogens with one attached hydrogen (secondary N) is 1. The number of aliphatic carboxylic acids is 2. The average Bonchev–Trinajstić information content (AvgIpc) is 2.53. The number of allylic oxidation sites excluding steroid dienone is 1. The summed E-state index contributed by atoms with van der Waals surface area (Å²) in [6.45, 7) is 6.69. The van der Waals surface area contributed by atoms with Gasteiger partial charge in [0.2, 0.25) is 0 Å². The van der Waals surface area contributed by atoms with Gasteiger partial charge in [0.25, 0.3) is 0 Å². The lowest BCUT2D eigenvalue weighted by atomic mass is 10.1. The molecule has 0 radical (unpaired) electrons. The highest BCUT2D eigenvalue weighted by atomic mass is 35.5. The Balaban J connectivity index is 0.000000754. The first-order valence-electron chi connectivity index (χ1n) is 7.10. The lowest BCUT2D eigenvalue weighted by Gasteiger charge is -2.11. The summed E-state index contributed by atoms with van der Waals surface area (Å²) < 4.78 is 10.7. The molecule has 0 aromatic heterocycles. The molecule has 1 aromatic rings. The van der Waals surface area contributed by atoms with E-state index >= 15 is 0 Å². The van der Waals surface area contributed by atoms with Crippen molar-refractivity contribution in [2.24, 2.45) is 0 Å². The van der Waals surface area contributed by atoms with E-state index in [2.05, 4.69) is 11.9 Å².